The molecule has 0 atom stereocenters. The molecule has 0 amide bonds. The molecule has 206 valence electrons. The summed E-state index contributed by atoms with van der Waals surface area (Å²) in [6.07, 6.45) is 1.82. The van der Waals surface area contributed by atoms with E-state index in [9.17, 15) is 5.11 Å². The molecule has 0 spiro atoms. The van der Waals surface area contributed by atoms with Crippen molar-refractivity contribution < 1.29 is 30.9 Å². The van der Waals surface area contributed by atoms with E-state index in [0.717, 1.165) is 28.3 Å². The predicted octanol–water partition coefficient (Wildman–Crippen LogP) is 7.12. The van der Waals surface area contributed by atoms with Crippen LogP contribution in [0.25, 0.3) is 11.3 Å². The third-order valence-electron chi connectivity index (χ3n) is 7.01. The number of anilines is 4. The van der Waals surface area contributed by atoms with Crippen molar-refractivity contribution in [2.75, 3.05) is 9.62 Å². The molecule has 0 unspecified atom stereocenters. The van der Waals surface area contributed by atoms with Gasteiger partial charge in [0.05, 0.1) is 11.4 Å². The molecule has 6 aromatic rings. The number of hydrogen-bond acceptors (Lipinski definition) is 6. The van der Waals surface area contributed by atoms with Crippen molar-refractivity contribution in [2.24, 2.45) is 0 Å². The average Bonchev–Trinajstić information content (AvgIpc) is 3.38. The first-order valence-corrected chi connectivity index (χ1v) is 13.4. The molecule has 0 saturated heterocycles. The molecule has 0 saturated carbocycles. The molecule has 0 radical (unpaired) electrons. The fourth-order valence-corrected chi connectivity index (χ4v) is 5.22. The van der Waals surface area contributed by atoms with Crippen LogP contribution in [0.2, 0.25) is 0 Å². The van der Waals surface area contributed by atoms with Crippen molar-refractivity contribution in [2.45, 2.75) is 0 Å². The van der Waals surface area contributed by atoms with E-state index in [2.05, 4.69) is 63.1 Å². The minimum Gasteiger partial charge on any atom is -0.507 e. The maximum Gasteiger partial charge on any atom is 0.420 e. The second kappa shape index (κ2) is 11.9. The standard InChI is InChI=1S/C34H24BN4O2.Pt/c40-32-21-8-7-18-29(32)30-19-10-22-33(37-30)41-28-17-9-16-27(24-28)39-34-31(20-11-23-36-34)38(26-14-5-2-6-15-26)35(39)25-12-3-1-4-13-25;/h1-23,40H;/q-1;. The molecule has 3 heterocycles. The van der Waals surface area contributed by atoms with Crippen LogP contribution in [0.4, 0.5) is 22.9 Å². The van der Waals surface area contributed by atoms with Gasteiger partial charge in [0.25, 0.3) is 0 Å². The summed E-state index contributed by atoms with van der Waals surface area (Å²) >= 11 is 0. The number of hydrogen-bond donors (Lipinski definition) is 1. The molecule has 0 fully saturated rings. The van der Waals surface area contributed by atoms with Crippen LogP contribution >= 0.6 is 0 Å². The van der Waals surface area contributed by atoms with Gasteiger partial charge in [-0.15, -0.1) is 18.2 Å². The van der Waals surface area contributed by atoms with Crippen molar-refractivity contribution in [1.29, 1.82) is 0 Å². The van der Waals surface area contributed by atoms with Gasteiger partial charge in [-0.2, -0.15) is 6.07 Å². The van der Waals surface area contributed by atoms with E-state index in [1.807, 2.05) is 79.0 Å². The summed E-state index contributed by atoms with van der Waals surface area (Å²) in [5.41, 5.74) is 5.26. The van der Waals surface area contributed by atoms with Crippen LogP contribution in [0.3, 0.4) is 0 Å². The number of aromatic hydroxyl groups is 1. The molecular formula is C34H24BN4O2Pt-. The summed E-state index contributed by atoms with van der Waals surface area (Å²) in [6.45, 7) is -0.197. The molecule has 0 bridgehead atoms. The van der Waals surface area contributed by atoms with Gasteiger partial charge >= 0.3 is 6.98 Å². The van der Waals surface area contributed by atoms with Crippen molar-refractivity contribution in [3.05, 3.63) is 146 Å². The van der Waals surface area contributed by atoms with E-state index in [-0.39, 0.29) is 33.8 Å². The number of benzene rings is 4. The molecule has 1 aliphatic heterocycles. The SMILES string of the molecule is Oc1ccccc1-c1cccc(Oc2[c-]c(N3B(c4ccccc4)N(c4ccccc4)c4cccnc43)ccc2)n1.[Pt]. The number of nitrogens with zero attached hydrogens (tertiary/aromatic N) is 4. The van der Waals surface area contributed by atoms with E-state index in [0.29, 0.717) is 22.9 Å². The number of phenols is 1. The number of aromatic nitrogens is 2. The third kappa shape index (κ3) is 5.15. The van der Waals surface area contributed by atoms with Crippen LogP contribution in [0.5, 0.6) is 17.4 Å². The number of fused-ring (bicyclic) bond motifs is 1. The molecule has 42 heavy (non-hydrogen) atoms. The largest absolute Gasteiger partial charge is 0.507 e. The van der Waals surface area contributed by atoms with Crippen molar-refractivity contribution in [1.82, 2.24) is 9.97 Å². The summed E-state index contributed by atoms with van der Waals surface area (Å²) in [4.78, 5) is 14.0. The fraction of sp³-hybridized carbons (Fsp3) is 0. The number of phenolic OH excluding ortho intramolecular Hbond substituents is 1. The zero-order valence-electron chi connectivity index (χ0n) is 22.3. The molecule has 1 aliphatic rings. The van der Waals surface area contributed by atoms with Gasteiger partial charge in [-0.05, 0) is 47.9 Å². The van der Waals surface area contributed by atoms with Crippen LogP contribution in [0.1, 0.15) is 0 Å². The molecular weight excluding hydrogens is 702 g/mol. The minimum absolute atomic E-state index is 0. The Bertz CT molecular complexity index is 1820. The van der Waals surface area contributed by atoms with E-state index >= 15 is 0 Å². The van der Waals surface area contributed by atoms with Crippen LogP contribution in [0.15, 0.2) is 140 Å². The van der Waals surface area contributed by atoms with Gasteiger partial charge in [0.2, 0.25) is 5.88 Å². The first-order valence-electron chi connectivity index (χ1n) is 13.4. The Hall–Kier alpha value is -4.87. The summed E-state index contributed by atoms with van der Waals surface area (Å²) in [5.74, 6) is 1.93. The maximum absolute atomic E-state index is 10.3. The maximum atomic E-state index is 10.3. The predicted molar refractivity (Wildman–Crippen MR) is 163 cm³/mol. The van der Waals surface area contributed by atoms with Crippen LogP contribution in [0, 0.1) is 6.07 Å². The topological polar surface area (TPSA) is 61.7 Å². The molecule has 6 nitrogen and oxygen atoms in total. The number of pyridine rings is 2. The van der Waals surface area contributed by atoms with Gasteiger partial charge in [-0.25, -0.2) is 9.97 Å². The van der Waals surface area contributed by atoms with E-state index < -0.39 is 0 Å². The Kier molecular flexibility index (Phi) is 7.76. The Morgan fingerprint density at radius 3 is 2.24 bits per heavy atom. The normalized spacial score (nSPS) is 12.0. The summed E-state index contributed by atoms with van der Waals surface area (Å²) in [6, 6.07) is 46.7. The van der Waals surface area contributed by atoms with Crippen LogP contribution in [-0.2, 0) is 21.1 Å². The summed E-state index contributed by atoms with van der Waals surface area (Å²) < 4.78 is 6.21. The molecule has 7 rings (SSSR count). The van der Waals surface area contributed by atoms with E-state index in [1.54, 1.807) is 18.2 Å². The molecule has 8 heteroatoms. The van der Waals surface area contributed by atoms with Gasteiger partial charge in [-0.3, -0.25) is 0 Å². The van der Waals surface area contributed by atoms with Gasteiger partial charge < -0.3 is 19.5 Å². The molecule has 1 N–H and O–H groups in total. The van der Waals surface area contributed by atoms with E-state index in [1.165, 1.54) is 0 Å². The third-order valence-corrected chi connectivity index (χ3v) is 7.01. The summed E-state index contributed by atoms with van der Waals surface area (Å²) in [5, 5.41) is 10.3. The Morgan fingerprint density at radius 1 is 0.690 bits per heavy atom. The van der Waals surface area contributed by atoms with Gasteiger partial charge in [0.15, 0.2) is 0 Å². The quantitative estimate of drug-likeness (QED) is 0.146. The fourth-order valence-electron chi connectivity index (χ4n) is 5.22. The minimum atomic E-state index is -0.197. The Labute approximate surface area is 259 Å². The molecule has 2 aromatic heterocycles. The average molecular weight is 726 g/mol. The summed E-state index contributed by atoms with van der Waals surface area (Å²) in [7, 11) is 0. The molecule has 4 aromatic carbocycles. The van der Waals surface area contributed by atoms with Crippen molar-refractivity contribution in [3.8, 4) is 28.6 Å². The van der Waals surface area contributed by atoms with Crippen molar-refractivity contribution >= 4 is 35.3 Å². The van der Waals surface area contributed by atoms with Crippen molar-refractivity contribution in [3.63, 3.8) is 0 Å². The van der Waals surface area contributed by atoms with Gasteiger partial charge in [0.1, 0.15) is 11.6 Å². The molecule has 0 aliphatic carbocycles. The number of para-hydroxylation sites is 2. The smallest absolute Gasteiger partial charge is 0.420 e. The van der Waals surface area contributed by atoms with E-state index in [4.69, 9.17) is 9.72 Å². The zero-order valence-corrected chi connectivity index (χ0v) is 24.6. The monoisotopic (exact) mass is 726 g/mol. The zero-order chi connectivity index (χ0) is 27.6. The second-order valence-electron chi connectivity index (χ2n) is 9.59. The van der Waals surface area contributed by atoms with Crippen LogP contribution < -0.4 is 19.8 Å². The first kappa shape index (κ1) is 27.3. The number of ether oxygens (including phenoxy) is 1. The van der Waals surface area contributed by atoms with Gasteiger partial charge in [-0.1, -0.05) is 72.4 Å². The Morgan fingerprint density at radius 2 is 1.43 bits per heavy atom. The number of rotatable bonds is 6. The second-order valence-corrected chi connectivity index (χ2v) is 9.59. The Balaban J connectivity index is 0.00000316. The van der Waals surface area contributed by atoms with Crippen LogP contribution in [-0.4, -0.2) is 22.1 Å². The van der Waals surface area contributed by atoms with Gasteiger partial charge in [0, 0.05) is 50.3 Å². The first-order chi connectivity index (χ1) is 20.3.